The Morgan fingerprint density at radius 1 is 1.16 bits per heavy atom. The molecule has 0 spiro atoms. The van der Waals surface area contributed by atoms with Gasteiger partial charge in [-0.3, -0.25) is 0 Å². The first kappa shape index (κ1) is 13.3. The van der Waals surface area contributed by atoms with Crippen LogP contribution in [0, 0.1) is 0 Å². The van der Waals surface area contributed by atoms with Gasteiger partial charge in [0.15, 0.2) is 5.82 Å². The number of nitrogens with two attached hydrogens (primary N) is 1. The first-order valence-electron chi connectivity index (χ1n) is 6.05. The standard InChI is InChI=1S/C14H18N4O/c1-14(2,3)10-7-11(15)18-13(17-10)9-5-6-12(19-4)16-8-9/h5-8H,1-4H3,(H2,15,17,18). The van der Waals surface area contributed by atoms with E-state index in [0.29, 0.717) is 17.5 Å². The quantitative estimate of drug-likeness (QED) is 0.895. The van der Waals surface area contributed by atoms with Crippen LogP contribution in [0.15, 0.2) is 24.4 Å². The molecule has 0 radical (unpaired) electrons. The number of nitrogens with zero attached hydrogens (tertiary/aromatic N) is 3. The van der Waals surface area contributed by atoms with Crippen LogP contribution >= 0.6 is 0 Å². The first-order chi connectivity index (χ1) is 8.90. The van der Waals surface area contributed by atoms with Crippen molar-refractivity contribution in [3.05, 3.63) is 30.1 Å². The molecular weight excluding hydrogens is 240 g/mol. The lowest BCUT2D eigenvalue weighted by atomic mass is 9.92. The van der Waals surface area contributed by atoms with Crippen LogP contribution in [0.2, 0.25) is 0 Å². The number of anilines is 1. The fraction of sp³-hybridized carbons (Fsp3) is 0.357. The van der Waals surface area contributed by atoms with Gasteiger partial charge in [0, 0.05) is 29.3 Å². The second-order valence-electron chi connectivity index (χ2n) is 5.34. The minimum Gasteiger partial charge on any atom is -0.481 e. The molecule has 0 aliphatic rings. The second-order valence-corrected chi connectivity index (χ2v) is 5.34. The summed E-state index contributed by atoms with van der Waals surface area (Å²) in [6.07, 6.45) is 1.68. The highest BCUT2D eigenvalue weighted by Gasteiger charge is 2.18. The lowest BCUT2D eigenvalue weighted by Crippen LogP contribution is -2.15. The van der Waals surface area contributed by atoms with Crippen molar-refractivity contribution in [1.82, 2.24) is 15.0 Å². The Morgan fingerprint density at radius 3 is 2.42 bits per heavy atom. The molecule has 100 valence electrons. The largest absolute Gasteiger partial charge is 0.481 e. The molecule has 2 aromatic rings. The van der Waals surface area contributed by atoms with Crippen LogP contribution in [0.3, 0.4) is 0 Å². The van der Waals surface area contributed by atoms with Crippen LogP contribution in [-0.2, 0) is 5.41 Å². The monoisotopic (exact) mass is 258 g/mol. The number of rotatable bonds is 2. The van der Waals surface area contributed by atoms with Crippen molar-refractivity contribution in [2.75, 3.05) is 12.8 Å². The Morgan fingerprint density at radius 2 is 1.89 bits per heavy atom. The third kappa shape index (κ3) is 2.99. The molecule has 0 saturated carbocycles. The summed E-state index contributed by atoms with van der Waals surface area (Å²) in [7, 11) is 1.58. The van der Waals surface area contributed by atoms with E-state index in [4.69, 9.17) is 10.5 Å². The maximum Gasteiger partial charge on any atom is 0.212 e. The van der Waals surface area contributed by atoms with E-state index in [9.17, 15) is 0 Å². The van der Waals surface area contributed by atoms with E-state index in [1.807, 2.05) is 6.07 Å². The Labute approximate surface area is 112 Å². The summed E-state index contributed by atoms with van der Waals surface area (Å²) >= 11 is 0. The van der Waals surface area contributed by atoms with Crippen LogP contribution < -0.4 is 10.5 Å². The lowest BCUT2D eigenvalue weighted by molar-refractivity contribution is 0.398. The summed E-state index contributed by atoms with van der Waals surface area (Å²) < 4.78 is 5.03. The minimum absolute atomic E-state index is 0.0777. The van der Waals surface area contributed by atoms with Gasteiger partial charge in [-0.1, -0.05) is 20.8 Å². The smallest absolute Gasteiger partial charge is 0.212 e. The van der Waals surface area contributed by atoms with Gasteiger partial charge >= 0.3 is 0 Å². The van der Waals surface area contributed by atoms with Crippen molar-refractivity contribution >= 4 is 5.82 Å². The first-order valence-corrected chi connectivity index (χ1v) is 6.05. The Hall–Kier alpha value is -2.17. The molecule has 5 heteroatoms. The van der Waals surface area contributed by atoms with Crippen LogP contribution in [0.1, 0.15) is 26.5 Å². The molecule has 0 fully saturated rings. The number of hydrogen-bond acceptors (Lipinski definition) is 5. The molecule has 19 heavy (non-hydrogen) atoms. The van der Waals surface area contributed by atoms with Gasteiger partial charge in [0.25, 0.3) is 0 Å². The fourth-order valence-corrected chi connectivity index (χ4v) is 1.61. The van der Waals surface area contributed by atoms with Gasteiger partial charge in [0.2, 0.25) is 5.88 Å². The Bertz CT molecular complexity index is 573. The van der Waals surface area contributed by atoms with Gasteiger partial charge in [0.1, 0.15) is 5.82 Å². The van der Waals surface area contributed by atoms with Gasteiger partial charge < -0.3 is 10.5 Å². The highest BCUT2D eigenvalue weighted by atomic mass is 16.5. The number of methoxy groups -OCH3 is 1. The summed E-state index contributed by atoms with van der Waals surface area (Å²) in [5.74, 6) is 1.61. The summed E-state index contributed by atoms with van der Waals surface area (Å²) in [6.45, 7) is 6.26. The van der Waals surface area contributed by atoms with Crippen LogP contribution in [-0.4, -0.2) is 22.1 Å². The van der Waals surface area contributed by atoms with E-state index in [1.165, 1.54) is 0 Å². The minimum atomic E-state index is -0.0777. The van der Waals surface area contributed by atoms with Crippen LogP contribution in [0.5, 0.6) is 5.88 Å². The summed E-state index contributed by atoms with van der Waals surface area (Å²) in [6, 6.07) is 5.45. The zero-order valence-electron chi connectivity index (χ0n) is 11.6. The average Bonchev–Trinajstić information content (AvgIpc) is 2.37. The van der Waals surface area contributed by atoms with E-state index in [-0.39, 0.29) is 5.41 Å². The van der Waals surface area contributed by atoms with Crippen molar-refractivity contribution < 1.29 is 4.74 Å². The van der Waals surface area contributed by atoms with Gasteiger partial charge in [-0.25, -0.2) is 15.0 Å². The molecule has 0 saturated heterocycles. The number of ether oxygens (including phenoxy) is 1. The molecule has 5 nitrogen and oxygen atoms in total. The predicted octanol–water partition coefficient (Wildman–Crippen LogP) is 2.43. The highest BCUT2D eigenvalue weighted by Crippen LogP contribution is 2.25. The third-order valence-corrected chi connectivity index (χ3v) is 2.72. The summed E-state index contributed by atoms with van der Waals surface area (Å²) in [4.78, 5) is 13.0. The number of hydrogen-bond donors (Lipinski definition) is 1. The van der Waals surface area contributed by atoms with Crippen molar-refractivity contribution in [3.63, 3.8) is 0 Å². The maximum atomic E-state index is 5.85. The van der Waals surface area contributed by atoms with E-state index in [0.717, 1.165) is 11.3 Å². The molecule has 0 amide bonds. The average molecular weight is 258 g/mol. The molecule has 2 rings (SSSR count). The zero-order valence-corrected chi connectivity index (χ0v) is 11.6. The molecule has 0 unspecified atom stereocenters. The summed E-state index contributed by atoms with van der Waals surface area (Å²) in [5.41, 5.74) is 7.50. The van der Waals surface area contributed by atoms with Gasteiger partial charge in [0.05, 0.1) is 12.8 Å². The Balaban J connectivity index is 2.46. The van der Waals surface area contributed by atoms with Crippen molar-refractivity contribution in [3.8, 4) is 17.3 Å². The highest BCUT2D eigenvalue weighted by molar-refractivity contribution is 5.56. The number of pyridine rings is 1. The molecule has 0 aromatic carbocycles. The van der Waals surface area contributed by atoms with Gasteiger partial charge in [-0.05, 0) is 6.07 Å². The van der Waals surface area contributed by atoms with Crippen molar-refractivity contribution in [2.45, 2.75) is 26.2 Å². The SMILES string of the molecule is COc1ccc(-c2nc(N)cc(C(C)(C)C)n2)cn1. The summed E-state index contributed by atoms with van der Waals surface area (Å²) in [5, 5.41) is 0. The molecular formula is C14H18N4O. The predicted molar refractivity (Wildman–Crippen MR) is 74.9 cm³/mol. The third-order valence-electron chi connectivity index (χ3n) is 2.72. The van der Waals surface area contributed by atoms with E-state index in [2.05, 4.69) is 35.7 Å². The molecule has 0 aliphatic heterocycles. The molecule has 0 aliphatic carbocycles. The normalized spacial score (nSPS) is 11.4. The van der Waals surface area contributed by atoms with Gasteiger partial charge in [-0.15, -0.1) is 0 Å². The molecule has 2 heterocycles. The molecule has 2 aromatic heterocycles. The van der Waals surface area contributed by atoms with Gasteiger partial charge in [-0.2, -0.15) is 0 Å². The molecule has 0 bridgehead atoms. The second kappa shape index (κ2) is 4.84. The Kier molecular flexibility index (Phi) is 3.38. The molecule has 0 atom stereocenters. The fourth-order valence-electron chi connectivity index (χ4n) is 1.61. The lowest BCUT2D eigenvalue weighted by Gasteiger charge is -2.18. The topological polar surface area (TPSA) is 73.9 Å². The van der Waals surface area contributed by atoms with Crippen molar-refractivity contribution in [1.29, 1.82) is 0 Å². The number of nitrogen functional groups attached to an aromatic ring is 1. The van der Waals surface area contributed by atoms with Crippen LogP contribution in [0.25, 0.3) is 11.4 Å². The van der Waals surface area contributed by atoms with E-state index in [1.54, 1.807) is 25.4 Å². The maximum absolute atomic E-state index is 5.85. The number of aromatic nitrogens is 3. The van der Waals surface area contributed by atoms with E-state index < -0.39 is 0 Å². The zero-order chi connectivity index (χ0) is 14.0. The van der Waals surface area contributed by atoms with E-state index >= 15 is 0 Å². The van der Waals surface area contributed by atoms with Crippen molar-refractivity contribution in [2.24, 2.45) is 0 Å². The molecule has 2 N–H and O–H groups in total. The van der Waals surface area contributed by atoms with Crippen LogP contribution in [0.4, 0.5) is 5.82 Å².